The van der Waals surface area contributed by atoms with Crippen molar-refractivity contribution in [1.29, 1.82) is 0 Å². The van der Waals surface area contributed by atoms with Crippen LogP contribution in [0.2, 0.25) is 0 Å². The van der Waals surface area contributed by atoms with Gasteiger partial charge in [-0.3, -0.25) is 0 Å². The number of anilines is 1. The van der Waals surface area contributed by atoms with Crippen LogP contribution in [0.5, 0.6) is 0 Å². The molecule has 0 saturated carbocycles. The van der Waals surface area contributed by atoms with Gasteiger partial charge in [0.25, 0.3) is 0 Å². The maximum atomic E-state index is 11.3. The Hall–Kier alpha value is -2.76. The van der Waals surface area contributed by atoms with Crippen LogP contribution in [0.15, 0.2) is 42.9 Å². The number of benzene rings is 1. The first-order valence-corrected chi connectivity index (χ1v) is 6.27. The molecule has 1 aromatic carbocycles. The molecule has 2 aromatic heterocycles. The number of imidazole rings is 1. The summed E-state index contributed by atoms with van der Waals surface area (Å²) in [5.41, 5.74) is 1.75. The predicted octanol–water partition coefficient (Wildman–Crippen LogP) is 2.00. The van der Waals surface area contributed by atoms with E-state index >= 15 is 0 Å². The van der Waals surface area contributed by atoms with Crippen molar-refractivity contribution in [2.24, 2.45) is 0 Å². The number of nitrogens with zero attached hydrogens (tertiary/aromatic N) is 1. The van der Waals surface area contributed by atoms with Gasteiger partial charge in [-0.2, -0.15) is 0 Å². The average Bonchev–Trinajstić information content (AvgIpc) is 3.05. The average molecular weight is 270 g/mol. The van der Waals surface area contributed by atoms with Crippen molar-refractivity contribution in [3.63, 3.8) is 0 Å². The first kappa shape index (κ1) is 12.3. The van der Waals surface area contributed by atoms with Crippen LogP contribution in [0.4, 0.5) is 5.82 Å². The minimum atomic E-state index is -0.904. The molecule has 6 nitrogen and oxygen atoms in total. The maximum Gasteiger partial charge on any atom is 0.326 e. The van der Waals surface area contributed by atoms with Crippen LogP contribution in [0.25, 0.3) is 10.9 Å². The summed E-state index contributed by atoms with van der Waals surface area (Å²) < 4.78 is 0. The van der Waals surface area contributed by atoms with Gasteiger partial charge in [0.15, 0.2) is 0 Å². The Labute approximate surface area is 114 Å². The molecule has 6 heteroatoms. The van der Waals surface area contributed by atoms with E-state index in [2.05, 4.69) is 20.3 Å². The fourth-order valence-electron chi connectivity index (χ4n) is 2.16. The van der Waals surface area contributed by atoms with Gasteiger partial charge in [-0.15, -0.1) is 0 Å². The third-order valence-electron chi connectivity index (χ3n) is 3.14. The molecule has 0 unspecified atom stereocenters. The number of hydrogen-bond acceptors (Lipinski definition) is 3. The van der Waals surface area contributed by atoms with E-state index in [1.54, 1.807) is 6.20 Å². The lowest BCUT2D eigenvalue weighted by Gasteiger charge is -2.13. The highest BCUT2D eigenvalue weighted by Crippen LogP contribution is 2.19. The van der Waals surface area contributed by atoms with Gasteiger partial charge >= 0.3 is 5.97 Å². The molecule has 0 spiro atoms. The zero-order valence-electron chi connectivity index (χ0n) is 10.6. The lowest BCUT2D eigenvalue weighted by atomic mass is 10.1. The second-order valence-electron chi connectivity index (χ2n) is 4.59. The summed E-state index contributed by atoms with van der Waals surface area (Å²) in [6.45, 7) is 0. The van der Waals surface area contributed by atoms with Crippen LogP contribution >= 0.6 is 0 Å². The van der Waals surface area contributed by atoms with Crippen molar-refractivity contribution in [2.45, 2.75) is 12.5 Å². The number of nitrogens with one attached hydrogen (secondary N) is 3. The molecule has 3 rings (SSSR count). The zero-order valence-corrected chi connectivity index (χ0v) is 10.6. The first-order chi connectivity index (χ1) is 9.72. The number of carboxylic acids is 1. The number of carboxylic acid groups (broad SMARTS) is 1. The number of hydrogen-bond donors (Lipinski definition) is 4. The molecular weight excluding hydrogens is 256 g/mol. The Bertz CT molecular complexity index is 685. The summed E-state index contributed by atoms with van der Waals surface area (Å²) in [6.07, 6.45) is 3.50. The van der Waals surface area contributed by atoms with Crippen LogP contribution in [0.3, 0.4) is 0 Å². The highest BCUT2D eigenvalue weighted by atomic mass is 16.4. The van der Waals surface area contributed by atoms with Crippen molar-refractivity contribution in [2.75, 3.05) is 5.32 Å². The molecule has 3 aromatic rings. The van der Waals surface area contributed by atoms with E-state index in [0.717, 1.165) is 16.6 Å². The second kappa shape index (κ2) is 5.08. The second-order valence-corrected chi connectivity index (χ2v) is 4.59. The molecule has 0 fully saturated rings. The molecule has 0 saturated heterocycles. The molecule has 0 aliphatic rings. The lowest BCUT2D eigenvalue weighted by Crippen LogP contribution is -2.31. The smallest absolute Gasteiger partial charge is 0.326 e. The number of aliphatic carboxylic acids is 1. The maximum absolute atomic E-state index is 11.3. The van der Waals surface area contributed by atoms with E-state index < -0.39 is 12.0 Å². The normalized spacial score (nSPS) is 12.4. The van der Waals surface area contributed by atoms with Crippen LogP contribution in [0, 0.1) is 0 Å². The van der Waals surface area contributed by atoms with Gasteiger partial charge < -0.3 is 20.4 Å². The van der Waals surface area contributed by atoms with Gasteiger partial charge in [0, 0.05) is 29.2 Å². The summed E-state index contributed by atoms with van der Waals surface area (Å²) in [5.74, 6) is -0.212. The van der Waals surface area contributed by atoms with Gasteiger partial charge in [-0.25, -0.2) is 9.78 Å². The van der Waals surface area contributed by atoms with Crippen molar-refractivity contribution >= 4 is 22.7 Å². The topological polar surface area (TPSA) is 93.8 Å². The first-order valence-electron chi connectivity index (χ1n) is 6.27. The minimum Gasteiger partial charge on any atom is -0.480 e. The lowest BCUT2D eigenvalue weighted by molar-refractivity contribution is -0.137. The highest BCUT2D eigenvalue weighted by molar-refractivity contribution is 5.85. The van der Waals surface area contributed by atoms with Gasteiger partial charge in [-0.1, -0.05) is 18.2 Å². The van der Waals surface area contributed by atoms with Crippen molar-refractivity contribution < 1.29 is 9.90 Å². The molecule has 2 heterocycles. The van der Waals surface area contributed by atoms with Crippen molar-refractivity contribution in [3.05, 3.63) is 48.5 Å². The number of aromatic amines is 2. The minimum absolute atomic E-state index is 0.338. The van der Waals surface area contributed by atoms with Gasteiger partial charge in [0.1, 0.15) is 11.9 Å². The van der Waals surface area contributed by atoms with Crippen molar-refractivity contribution in [3.8, 4) is 0 Å². The molecule has 0 amide bonds. The highest BCUT2D eigenvalue weighted by Gasteiger charge is 2.19. The van der Waals surface area contributed by atoms with Crippen LogP contribution < -0.4 is 5.32 Å². The Morgan fingerprint density at radius 1 is 1.40 bits per heavy atom. The van der Waals surface area contributed by atoms with Gasteiger partial charge in [0.2, 0.25) is 0 Å². The monoisotopic (exact) mass is 270 g/mol. The third kappa shape index (κ3) is 2.49. The van der Waals surface area contributed by atoms with Gasteiger partial charge in [0.05, 0.1) is 6.33 Å². The quantitative estimate of drug-likeness (QED) is 0.570. The van der Waals surface area contributed by atoms with Crippen LogP contribution in [-0.4, -0.2) is 32.1 Å². The number of fused-ring (bicyclic) bond motifs is 1. The summed E-state index contributed by atoms with van der Waals surface area (Å²) in [7, 11) is 0. The summed E-state index contributed by atoms with van der Waals surface area (Å²) in [5, 5.41) is 13.3. The van der Waals surface area contributed by atoms with Crippen LogP contribution in [-0.2, 0) is 11.2 Å². The molecule has 0 bridgehead atoms. The number of aromatic nitrogens is 3. The number of rotatable bonds is 5. The van der Waals surface area contributed by atoms with E-state index in [0.29, 0.717) is 12.2 Å². The molecule has 0 radical (unpaired) electrons. The molecule has 20 heavy (non-hydrogen) atoms. The largest absolute Gasteiger partial charge is 0.480 e. The summed E-state index contributed by atoms with van der Waals surface area (Å²) >= 11 is 0. The molecule has 102 valence electrons. The molecule has 0 aliphatic heterocycles. The predicted molar refractivity (Wildman–Crippen MR) is 75.6 cm³/mol. The SMILES string of the molecule is O=C(O)[C@H](Cc1cnc[nH]1)Nc1cc2ccccc2[nH]1. The molecule has 1 atom stereocenters. The Kier molecular flexibility index (Phi) is 3.12. The Morgan fingerprint density at radius 2 is 2.25 bits per heavy atom. The fourth-order valence-corrected chi connectivity index (χ4v) is 2.16. The summed E-state index contributed by atoms with van der Waals surface area (Å²) in [6, 6.07) is 8.98. The molecule has 4 N–H and O–H groups in total. The number of carbonyl (C=O) groups is 1. The van der Waals surface area contributed by atoms with E-state index in [-0.39, 0.29) is 0 Å². The van der Waals surface area contributed by atoms with Crippen LogP contribution in [0.1, 0.15) is 5.69 Å². The van der Waals surface area contributed by atoms with E-state index in [1.807, 2.05) is 30.3 Å². The Morgan fingerprint density at radius 3 is 2.95 bits per heavy atom. The molecular formula is C14H14N4O2. The standard InChI is InChI=1S/C14H14N4O2/c19-14(20)12(6-10-7-15-8-16-10)18-13-5-9-3-1-2-4-11(9)17-13/h1-5,7-8,12,17-18H,6H2,(H,15,16)(H,19,20)/t12-/m0/s1. The summed E-state index contributed by atoms with van der Waals surface area (Å²) in [4.78, 5) is 21.3. The number of H-pyrrole nitrogens is 2. The molecule has 0 aliphatic carbocycles. The van der Waals surface area contributed by atoms with Crippen molar-refractivity contribution in [1.82, 2.24) is 15.0 Å². The van der Waals surface area contributed by atoms with Gasteiger partial charge in [-0.05, 0) is 12.1 Å². The van der Waals surface area contributed by atoms with E-state index in [1.165, 1.54) is 6.33 Å². The van der Waals surface area contributed by atoms with E-state index in [9.17, 15) is 9.90 Å². The fraction of sp³-hybridized carbons (Fsp3) is 0.143. The third-order valence-corrected chi connectivity index (χ3v) is 3.14. The van der Waals surface area contributed by atoms with E-state index in [4.69, 9.17) is 0 Å². The zero-order chi connectivity index (χ0) is 13.9. The number of para-hydroxylation sites is 1. The Balaban J connectivity index is 1.80.